The van der Waals surface area contributed by atoms with E-state index in [1.54, 1.807) is 48.8 Å². The first-order valence-electron chi connectivity index (χ1n) is 8.04. The molecule has 2 aromatic carbocycles. The summed E-state index contributed by atoms with van der Waals surface area (Å²) in [6.45, 7) is 0. The first kappa shape index (κ1) is 18.4. The predicted molar refractivity (Wildman–Crippen MR) is 94.5 cm³/mol. The fraction of sp³-hybridized carbons (Fsp3) is 0.100. The van der Waals surface area contributed by atoms with E-state index in [9.17, 15) is 18.0 Å². The van der Waals surface area contributed by atoms with Crippen LogP contribution < -0.4 is 10.1 Å². The van der Waals surface area contributed by atoms with Gasteiger partial charge in [-0.2, -0.15) is 13.2 Å². The van der Waals surface area contributed by atoms with Crippen molar-refractivity contribution in [3.8, 4) is 11.5 Å². The number of nitrogens with zero attached hydrogens (tertiary/aromatic N) is 1. The molecule has 0 saturated carbocycles. The van der Waals surface area contributed by atoms with Crippen molar-refractivity contribution in [1.29, 1.82) is 0 Å². The van der Waals surface area contributed by atoms with Crippen LogP contribution in [0.25, 0.3) is 0 Å². The molecule has 0 atom stereocenters. The first-order chi connectivity index (χ1) is 12.9. The average Bonchev–Trinajstić information content (AvgIpc) is 2.64. The van der Waals surface area contributed by atoms with Crippen molar-refractivity contribution < 1.29 is 22.7 Å². The van der Waals surface area contributed by atoms with Crippen molar-refractivity contribution in [3.63, 3.8) is 0 Å². The zero-order valence-corrected chi connectivity index (χ0v) is 14.0. The number of benzene rings is 2. The summed E-state index contributed by atoms with van der Waals surface area (Å²) in [4.78, 5) is 16.0. The van der Waals surface area contributed by atoms with E-state index in [1.807, 2.05) is 0 Å². The van der Waals surface area contributed by atoms with Crippen LogP contribution in [-0.2, 0) is 17.4 Å². The molecule has 0 saturated heterocycles. The van der Waals surface area contributed by atoms with Gasteiger partial charge in [-0.15, -0.1) is 0 Å². The van der Waals surface area contributed by atoms with E-state index in [1.165, 1.54) is 12.1 Å². The lowest BCUT2D eigenvalue weighted by atomic mass is 10.1. The fourth-order valence-electron chi connectivity index (χ4n) is 2.35. The number of carbonyl (C=O) groups is 1. The largest absolute Gasteiger partial charge is 0.457 e. The maximum atomic E-state index is 12.5. The van der Waals surface area contributed by atoms with Crippen molar-refractivity contribution in [2.75, 3.05) is 5.32 Å². The summed E-state index contributed by atoms with van der Waals surface area (Å²) < 4.78 is 43.3. The van der Waals surface area contributed by atoms with Crippen LogP contribution in [0.4, 0.5) is 18.9 Å². The van der Waals surface area contributed by atoms with Gasteiger partial charge in [0.1, 0.15) is 11.5 Å². The molecule has 0 unspecified atom stereocenters. The maximum Gasteiger partial charge on any atom is 0.416 e. The number of hydrogen-bond donors (Lipinski definition) is 1. The highest BCUT2D eigenvalue weighted by molar-refractivity contribution is 5.92. The smallest absolute Gasteiger partial charge is 0.416 e. The number of halogens is 3. The molecule has 1 N–H and O–H groups in total. The molecule has 7 heteroatoms. The second kappa shape index (κ2) is 7.90. The Hall–Kier alpha value is -3.35. The number of ether oxygens (including phenoxy) is 1. The second-order valence-corrected chi connectivity index (χ2v) is 5.73. The van der Waals surface area contributed by atoms with Gasteiger partial charge in [0.25, 0.3) is 0 Å². The van der Waals surface area contributed by atoms with Gasteiger partial charge in [0.05, 0.1) is 12.0 Å². The van der Waals surface area contributed by atoms with E-state index >= 15 is 0 Å². The van der Waals surface area contributed by atoms with Gasteiger partial charge in [0, 0.05) is 18.1 Å². The van der Waals surface area contributed by atoms with Gasteiger partial charge in [-0.05, 0) is 54.1 Å². The standard InChI is InChI=1S/C20H15F3N2O2/c21-20(22,23)15-3-1-14(2-4-15)13-19(26)25-16-5-7-17(8-6-16)27-18-9-11-24-12-10-18/h1-12H,13H2,(H,25,26). The quantitative estimate of drug-likeness (QED) is 0.680. The van der Waals surface area contributed by atoms with Crippen LogP contribution in [0, 0.1) is 0 Å². The van der Waals surface area contributed by atoms with Gasteiger partial charge in [-0.1, -0.05) is 12.1 Å². The molecule has 0 bridgehead atoms. The Morgan fingerprint density at radius 1 is 0.889 bits per heavy atom. The molecule has 0 fully saturated rings. The van der Waals surface area contributed by atoms with E-state index in [0.717, 1.165) is 12.1 Å². The highest BCUT2D eigenvalue weighted by Crippen LogP contribution is 2.29. The summed E-state index contributed by atoms with van der Waals surface area (Å²) in [5.74, 6) is 0.920. The summed E-state index contributed by atoms with van der Waals surface area (Å²) in [5, 5.41) is 2.70. The molecule has 3 aromatic rings. The van der Waals surface area contributed by atoms with Crippen LogP contribution in [0.1, 0.15) is 11.1 Å². The molecule has 0 spiro atoms. The van der Waals surface area contributed by atoms with E-state index in [2.05, 4.69) is 10.3 Å². The number of amides is 1. The summed E-state index contributed by atoms with van der Waals surface area (Å²) in [6.07, 6.45) is -1.18. The summed E-state index contributed by atoms with van der Waals surface area (Å²) in [5.41, 5.74) is 0.323. The van der Waals surface area contributed by atoms with E-state index in [-0.39, 0.29) is 12.3 Å². The van der Waals surface area contributed by atoms with Crippen LogP contribution in [0.15, 0.2) is 73.1 Å². The molecule has 1 heterocycles. The molecular weight excluding hydrogens is 357 g/mol. The summed E-state index contributed by atoms with van der Waals surface area (Å²) >= 11 is 0. The number of hydrogen-bond acceptors (Lipinski definition) is 3. The van der Waals surface area contributed by atoms with Crippen LogP contribution in [-0.4, -0.2) is 10.9 Å². The monoisotopic (exact) mass is 372 g/mol. The number of nitrogens with one attached hydrogen (secondary N) is 1. The zero-order chi connectivity index (χ0) is 19.3. The molecule has 1 aromatic heterocycles. The van der Waals surface area contributed by atoms with Gasteiger partial charge >= 0.3 is 6.18 Å². The normalized spacial score (nSPS) is 11.1. The van der Waals surface area contributed by atoms with Crippen LogP contribution >= 0.6 is 0 Å². The summed E-state index contributed by atoms with van der Waals surface area (Å²) in [7, 11) is 0. The van der Waals surface area contributed by atoms with Crippen LogP contribution in [0.2, 0.25) is 0 Å². The van der Waals surface area contributed by atoms with E-state index < -0.39 is 11.7 Å². The highest BCUT2D eigenvalue weighted by atomic mass is 19.4. The Bertz CT molecular complexity index is 893. The lowest BCUT2D eigenvalue weighted by Crippen LogP contribution is -2.14. The van der Waals surface area contributed by atoms with Gasteiger partial charge < -0.3 is 10.1 Å². The number of aromatic nitrogens is 1. The maximum absolute atomic E-state index is 12.5. The molecule has 3 rings (SSSR count). The van der Waals surface area contributed by atoms with Crippen molar-refractivity contribution in [2.45, 2.75) is 12.6 Å². The molecule has 0 aliphatic heterocycles. The molecule has 4 nitrogen and oxygen atoms in total. The molecular formula is C20H15F3N2O2. The van der Waals surface area contributed by atoms with Crippen molar-refractivity contribution in [2.24, 2.45) is 0 Å². The Morgan fingerprint density at radius 3 is 2.07 bits per heavy atom. The van der Waals surface area contributed by atoms with Gasteiger partial charge in [0.2, 0.25) is 5.91 Å². The molecule has 0 aliphatic rings. The SMILES string of the molecule is O=C(Cc1ccc(C(F)(F)F)cc1)Nc1ccc(Oc2ccncc2)cc1. The Morgan fingerprint density at radius 2 is 1.48 bits per heavy atom. The Labute approximate surface area is 153 Å². The molecule has 1 amide bonds. The highest BCUT2D eigenvalue weighted by Gasteiger charge is 2.29. The Kier molecular flexibility index (Phi) is 5.40. The first-order valence-corrected chi connectivity index (χ1v) is 8.04. The molecule has 0 aliphatic carbocycles. The van der Waals surface area contributed by atoms with Crippen molar-refractivity contribution >= 4 is 11.6 Å². The zero-order valence-electron chi connectivity index (χ0n) is 14.0. The third-order valence-electron chi connectivity index (χ3n) is 3.67. The van der Waals surface area contributed by atoms with E-state index in [0.29, 0.717) is 22.7 Å². The van der Waals surface area contributed by atoms with Crippen molar-refractivity contribution in [1.82, 2.24) is 4.98 Å². The minimum Gasteiger partial charge on any atom is -0.457 e. The lowest BCUT2D eigenvalue weighted by Gasteiger charge is -2.09. The van der Waals surface area contributed by atoms with Gasteiger partial charge in [-0.3, -0.25) is 9.78 Å². The topological polar surface area (TPSA) is 51.2 Å². The number of alkyl halides is 3. The molecule has 0 radical (unpaired) electrons. The molecule has 27 heavy (non-hydrogen) atoms. The lowest BCUT2D eigenvalue weighted by molar-refractivity contribution is -0.137. The number of anilines is 1. The van der Waals surface area contributed by atoms with Crippen LogP contribution in [0.3, 0.4) is 0 Å². The third-order valence-corrected chi connectivity index (χ3v) is 3.67. The fourth-order valence-corrected chi connectivity index (χ4v) is 2.35. The number of carbonyl (C=O) groups excluding carboxylic acids is 1. The van der Waals surface area contributed by atoms with E-state index in [4.69, 9.17) is 4.74 Å². The van der Waals surface area contributed by atoms with Gasteiger partial charge in [0.15, 0.2) is 0 Å². The second-order valence-electron chi connectivity index (χ2n) is 5.73. The van der Waals surface area contributed by atoms with Gasteiger partial charge in [-0.25, -0.2) is 0 Å². The number of rotatable bonds is 5. The predicted octanol–water partition coefficient (Wildman–Crippen LogP) is 5.07. The third kappa shape index (κ3) is 5.31. The minimum atomic E-state index is -4.39. The van der Waals surface area contributed by atoms with Crippen molar-refractivity contribution in [3.05, 3.63) is 84.2 Å². The Balaban J connectivity index is 1.56. The minimum absolute atomic E-state index is 0.0204. The van der Waals surface area contributed by atoms with Crippen LogP contribution in [0.5, 0.6) is 11.5 Å². The summed E-state index contributed by atoms with van der Waals surface area (Å²) in [6, 6.07) is 14.7. The molecule has 138 valence electrons. The average molecular weight is 372 g/mol. The number of pyridine rings is 1.